The molecule has 0 bridgehead atoms. The number of piperidine rings is 1. The summed E-state index contributed by atoms with van der Waals surface area (Å²) in [5.74, 6) is 2.10. The van der Waals surface area contributed by atoms with Gasteiger partial charge in [-0.3, -0.25) is 4.90 Å². The van der Waals surface area contributed by atoms with Gasteiger partial charge < -0.3 is 9.32 Å². The average molecular weight is 310 g/mol. The molecule has 0 aliphatic carbocycles. The third-order valence-electron chi connectivity index (χ3n) is 5.91. The van der Waals surface area contributed by atoms with E-state index in [0.717, 1.165) is 31.2 Å². The Labute approximate surface area is 138 Å². The van der Waals surface area contributed by atoms with Crippen LogP contribution in [0.25, 0.3) is 0 Å². The SMILES string of the molecule is Cc1ccc(CN2CC[C@]3(c4ccccc4)CCN(C)[C@H]3C2)o1. The van der Waals surface area contributed by atoms with Crippen molar-refractivity contribution in [2.75, 3.05) is 26.7 Å². The third-order valence-corrected chi connectivity index (χ3v) is 5.91. The summed E-state index contributed by atoms with van der Waals surface area (Å²) in [4.78, 5) is 5.12. The van der Waals surface area contributed by atoms with E-state index in [1.165, 1.54) is 24.9 Å². The molecular formula is C20H26N2O. The number of furan rings is 1. The van der Waals surface area contributed by atoms with E-state index in [2.05, 4.69) is 59.3 Å². The van der Waals surface area contributed by atoms with E-state index >= 15 is 0 Å². The average Bonchev–Trinajstić information content (AvgIpc) is 3.13. The molecule has 0 amide bonds. The lowest BCUT2D eigenvalue weighted by atomic mass is 9.69. The fraction of sp³-hybridized carbons (Fsp3) is 0.500. The van der Waals surface area contributed by atoms with Gasteiger partial charge in [-0.05, 0) is 57.6 Å². The molecule has 1 aromatic heterocycles. The largest absolute Gasteiger partial charge is 0.465 e. The zero-order chi connectivity index (χ0) is 15.9. The third kappa shape index (κ3) is 2.62. The first-order valence-corrected chi connectivity index (χ1v) is 8.71. The normalized spacial score (nSPS) is 28.9. The van der Waals surface area contributed by atoms with Crippen LogP contribution in [0.4, 0.5) is 0 Å². The molecule has 3 nitrogen and oxygen atoms in total. The summed E-state index contributed by atoms with van der Waals surface area (Å²) in [7, 11) is 2.29. The van der Waals surface area contributed by atoms with Crippen LogP contribution in [0.2, 0.25) is 0 Å². The Morgan fingerprint density at radius 3 is 2.61 bits per heavy atom. The summed E-state index contributed by atoms with van der Waals surface area (Å²) in [6.07, 6.45) is 2.53. The number of nitrogens with zero attached hydrogens (tertiary/aromatic N) is 2. The molecule has 0 radical (unpaired) electrons. The van der Waals surface area contributed by atoms with Crippen molar-refractivity contribution in [3.05, 3.63) is 59.5 Å². The number of hydrogen-bond donors (Lipinski definition) is 0. The van der Waals surface area contributed by atoms with Gasteiger partial charge in [0.25, 0.3) is 0 Å². The van der Waals surface area contributed by atoms with Crippen molar-refractivity contribution in [3.8, 4) is 0 Å². The maximum absolute atomic E-state index is 5.78. The summed E-state index contributed by atoms with van der Waals surface area (Å²) in [6.45, 7) is 6.44. The highest BCUT2D eigenvalue weighted by molar-refractivity contribution is 5.31. The van der Waals surface area contributed by atoms with Crippen molar-refractivity contribution in [2.45, 2.75) is 37.8 Å². The number of aryl methyl sites for hydroxylation is 1. The van der Waals surface area contributed by atoms with Crippen LogP contribution in [-0.4, -0.2) is 42.5 Å². The van der Waals surface area contributed by atoms with E-state index in [-0.39, 0.29) is 0 Å². The van der Waals surface area contributed by atoms with Crippen LogP contribution < -0.4 is 0 Å². The van der Waals surface area contributed by atoms with Crippen molar-refractivity contribution >= 4 is 0 Å². The second-order valence-corrected chi connectivity index (χ2v) is 7.27. The smallest absolute Gasteiger partial charge is 0.118 e. The molecule has 0 unspecified atom stereocenters. The summed E-state index contributed by atoms with van der Waals surface area (Å²) < 4.78 is 5.78. The molecule has 2 aliphatic heterocycles. The van der Waals surface area contributed by atoms with E-state index in [0.29, 0.717) is 11.5 Å². The minimum Gasteiger partial charge on any atom is -0.465 e. The van der Waals surface area contributed by atoms with Crippen molar-refractivity contribution in [1.29, 1.82) is 0 Å². The van der Waals surface area contributed by atoms with Crippen LogP contribution >= 0.6 is 0 Å². The Balaban J connectivity index is 1.55. The molecule has 23 heavy (non-hydrogen) atoms. The number of likely N-dealkylation sites (tertiary alicyclic amines) is 2. The number of hydrogen-bond acceptors (Lipinski definition) is 3. The first-order valence-electron chi connectivity index (χ1n) is 8.71. The van der Waals surface area contributed by atoms with Gasteiger partial charge in [0.1, 0.15) is 11.5 Å². The van der Waals surface area contributed by atoms with Crippen molar-refractivity contribution in [3.63, 3.8) is 0 Å². The lowest BCUT2D eigenvalue weighted by Gasteiger charge is -2.46. The summed E-state index contributed by atoms with van der Waals surface area (Å²) in [5.41, 5.74) is 1.87. The van der Waals surface area contributed by atoms with Crippen LogP contribution in [0, 0.1) is 6.92 Å². The number of rotatable bonds is 3. The van der Waals surface area contributed by atoms with Gasteiger partial charge >= 0.3 is 0 Å². The summed E-state index contributed by atoms with van der Waals surface area (Å²) >= 11 is 0. The first-order chi connectivity index (χ1) is 11.2. The Bertz CT molecular complexity index is 665. The van der Waals surface area contributed by atoms with Gasteiger partial charge in [0.05, 0.1) is 6.54 Å². The first kappa shape index (κ1) is 15.0. The van der Waals surface area contributed by atoms with Crippen molar-refractivity contribution in [1.82, 2.24) is 9.80 Å². The quantitative estimate of drug-likeness (QED) is 0.866. The summed E-state index contributed by atoms with van der Waals surface area (Å²) in [6, 6.07) is 16.0. The molecule has 0 N–H and O–H groups in total. The second kappa shape index (κ2) is 5.81. The van der Waals surface area contributed by atoms with E-state index in [1.54, 1.807) is 0 Å². The molecular weight excluding hydrogens is 284 g/mol. The second-order valence-electron chi connectivity index (χ2n) is 7.27. The molecule has 2 aliphatic rings. The highest BCUT2D eigenvalue weighted by Gasteiger charge is 2.49. The molecule has 2 aromatic rings. The molecule has 3 heterocycles. The highest BCUT2D eigenvalue weighted by Crippen LogP contribution is 2.45. The van der Waals surface area contributed by atoms with E-state index < -0.39 is 0 Å². The standard InChI is InChI=1S/C20H26N2O/c1-16-8-9-18(23-16)14-22-13-11-20(17-6-4-3-5-7-17)10-12-21(2)19(20)15-22/h3-9,19H,10-15H2,1-2H3/t19-,20-/m0/s1. The van der Waals surface area contributed by atoms with Gasteiger partial charge in [-0.1, -0.05) is 30.3 Å². The highest BCUT2D eigenvalue weighted by atomic mass is 16.3. The molecule has 3 heteroatoms. The predicted molar refractivity (Wildman–Crippen MR) is 92.5 cm³/mol. The van der Waals surface area contributed by atoms with Gasteiger partial charge in [0, 0.05) is 18.0 Å². The van der Waals surface area contributed by atoms with Gasteiger partial charge in [-0.15, -0.1) is 0 Å². The van der Waals surface area contributed by atoms with Gasteiger partial charge in [-0.25, -0.2) is 0 Å². The lowest BCUT2D eigenvalue weighted by Crippen LogP contribution is -2.54. The molecule has 0 spiro atoms. The van der Waals surface area contributed by atoms with E-state index in [9.17, 15) is 0 Å². The Hall–Kier alpha value is -1.58. The van der Waals surface area contributed by atoms with Gasteiger partial charge in [-0.2, -0.15) is 0 Å². The molecule has 2 atom stereocenters. The van der Waals surface area contributed by atoms with Crippen LogP contribution in [0.15, 0.2) is 46.9 Å². The molecule has 122 valence electrons. The van der Waals surface area contributed by atoms with Crippen LogP contribution in [0.3, 0.4) is 0 Å². The Morgan fingerprint density at radius 2 is 1.87 bits per heavy atom. The van der Waals surface area contributed by atoms with Crippen LogP contribution in [0.5, 0.6) is 0 Å². The summed E-state index contributed by atoms with van der Waals surface area (Å²) in [5, 5.41) is 0. The van der Waals surface area contributed by atoms with E-state index in [1.807, 2.05) is 6.92 Å². The van der Waals surface area contributed by atoms with Crippen LogP contribution in [0.1, 0.15) is 29.9 Å². The maximum Gasteiger partial charge on any atom is 0.118 e. The minimum atomic E-state index is 0.339. The number of fused-ring (bicyclic) bond motifs is 1. The fourth-order valence-electron chi connectivity index (χ4n) is 4.60. The number of likely N-dealkylation sites (N-methyl/N-ethyl adjacent to an activating group) is 1. The predicted octanol–water partition coefficient (Wildman–Crippen LogP) is 3.44. The molecule has 2 fully saturated rings. The lowest BCUT2D eigenvalue weighted by molar-refractivity contribution is 0.0866. The maximum atomic E-state index is 5.78. The van der Waals surface area contributed by atoms with E-state index in [4.69, 9.17) is 4.42 Å². The monoisotopic (exact) mass is 310 g/mol. The van der Waals surface area contributed by atoms with Crippen molar-refractivity contribution < 1.29 is 4.42 Å². The molecule has 4 rings (SSSR count). The van der Waals surface area contributed by atoms with Crippen LogP contribution in [-0.2, 0) is 12.0 Å². The topological polar surface area (TPSA) is 19.6 Å². The van der Waals surface area contributed by atoms with Crippen molar-refractivity contribution in [2.24, 2.45) is 0 Å². The van der Waals surface area contributed by atoms with Gasteiger partial charge in [0.15, 0.2) is 0 Å². The Kier molecular flexibility index (Phi) is 3.78. The minimum absolute atomic E-state index is 0.339. The molecule has 0 saturated carbocycles. The fourth-order valence-corrected chi connectivity index (χ4v) is 4.60. The number of benzene rings is 1. The molecule has 2 saturated heterocycles. The zero-order valence-corrected chi connectivity index (χ0v) is 14.2. The Morgan fingerprint density at radius 1 is 1.09 bits per heavy atom. The molecule has 1 aromatic carbocycles. The zero-order valence-electron chi connectivity index (χ0n) is 14.2. The van der Waals surface area contributed by atoms with Gasteiger partial charge in [0.2, 0.25) is 0 Å².